The summed E-state index contributed by atoms with van der Waals surface area (Å²) in [6.07, 6.45) is 31.5. The maximum Gasteiger partial charge on any atom is 0.262 e. The molecule has 2 nitrogen and oxygen atoms in total. The molecule has 0 amide bonds. The fourth-order valence-corrected chi connectivity index (χ4v) is 9.52. The maximum absolute atomic E-state index is 2.67. The molecule has 1 aliphatic heterocycles. The van der Waals surface area contributed by atoms with E-state index in [1.54, 1.807) is 0 Å². The molecule has 0 radical (unpaired) electrons. The van der Waals surface area contributed by atoms with Gasteiger partial charge in [-0.15, -0.1) is 11.8 Å². The average molecular weight is 566 g/mol. The monoisotopic (exact) mass is 565 g/mol. The van der Waals surface area contributed by atoms with E-state index in [9.17, 15) is 0 Å². The number of thiazole rings is 1. The van der Waals surface area contributed by atoms with Gasteiger partial charge >= 0.3 is 0 Å². The summed E-state index contributed by atoms with van der Waals surface area (Å²) < 4.78 is 3.77. The van der Waals surface area contributed by atoms with Gasteiger partial charge in [-0.1, -0.05) is 126 Å². The van der Waals surface area contributed by atoms with E-state index < -0.39 is 0 Å². The van der Waals surface area contributed by atoms with Gasteiger partial charge in [0, 0.05) is 30.0 Å². The predicted octanol–water partition coefficient (Wildman–Crippen LogP) is 10.5. The first kappa shape index (κ1) is 30.4. The topological polar surface area (TPSA) is 7.12 Å². The molecule has 2 unspecified atom stereocenters. The fraction of sp³-hybridized carbons (Fsp3) is 0.629. The molecule has 1 aromatic heterocycles. The number of para-hydroxylation sites is 1. The number of benzene rings is 1. The van der Waals surface area contributed by atoms with Crippen molar-refractivity contribution in [2.45, 2.75) is 128 Å². The van der Waals surface area contributed by atoms with Gasteiger partial charge in [0.15, 0.2) is 0 Å². The zero-order chi connectivity index (χ0) is 27.3. The van der Waals surface area contributed by atoms with Crippen molar-refractivity contribution >= 4 is 39.4 Å². The van der Waals surface area contributed by atoms with Gasteiger partial charge in [-0.25, -0.2) is 0 Å². The number of hydrogen-bond donors (Lipinski definition) is 0. The Morgan fingerprint density at radius 3 is 2.28 bits per heavy atom. The number of fused-ring (bicyclic) bond motifs is 1. The molecule has 2 heterocycles. The second kappa shape index (κ2) is 16.7. The molecule has 214 valence electrons. The molecular weight excluding hydrogens is 513 g/mol. The average Bonchev–Trinajstić information content (AvgIpc) is 3.47. The van der Waals surface area contributed by atoms with Gasteiger partial charge in [0.25, 0.3) is 5.01 Å². The van der Waals surface area contributed by atoms with Gasteiger partial charge in [-0.05, 0) is 44.7 Å². The molecule has 0 spiro atoms. The van der Waals surface area contributed by atoms with E-state index in [0.29, 0.717) is 6.04 Å². The Labute approximate surface area is 247 Å². The molecule has 1 aliphatic carbocycles. The van der Waals surface area contributed by atoms with Crippen molar-refractivity contribution in [2.75, 3.05) is 6.54 Å². The van der Waals surface area contributed by atoms with Crippen LogP contribution >= 0.6 is 23.1 Å². The van der Waals surface area contributed by atoms with Crippen LogP contribution in [-0.2, 0) is 6.54 Å². The summed E-state index contributed by atoms with van der Waals surface area (Å²) in [6, 6.07) is 9.41. The standard InChI is InChI=1S/C35H53N2S2/c1-4-30-32(26-20-23-29-21-14-11-9-7-8-10-12-15-22-29)38-34(36(30)5-2)27-16-13-17-28-35-37(6-3)31-24-18-19-25-33(31)39-35/h13,16-19,24-25,27-30,32H,4-12,14-15,20-23,26H2,1-3H3/q+1. The first-order chi connectivity index (χ1) is 19.2. The molecule has 0 bridgehead atoms. The van der Waals surface area contributed by atoms with Gasteiger partial charge < -0.3 is 4.90 Å². The third-order valence-electron chi connectivity index (χ3n) is 8.87. The normalized spacial score (nSPS) is 23.5. The smallest absolute Gasteiger partial charge is 0.262 e. The summed E-state index contributed by atoms with van der Waals surface area (Å²) >= 11 is 4.03. The Bertz CT molecular complexity index is 1070. The second-order valence-electron chi connectivity index (χ2n) is 11.5. The van der Waals surface area contributed by atoms with Crippen LogP contribution in [0.15, 0.2) is 53.6 Å². The molecule has 4 heteroatoms. The predicted molar refractivity (Wildman–Crippen MR) is 175 cm³/mol. The van der Waals surface area contributed by atoms with Crippen LogP contribution in [0.4, 0.5) is 0 Å². The highest BCUT2D eigenvalue weighted by atomic mass is 32.2. The van der Waals surface area contributed by atoms with Crippen molar-refractivity contribution in [3.05, 3.63) is 58.6 Å². The van der Waals surface area contributed by atoms with E-state index in [4.69, 9.17) is 0 Å². The Morgan fingerprint density at radius 1 is 0.872 bits per heavy atom. The Balaban J connectivity index is 1.32. The highest BCUT2D eigenvalue weighted by molar-refractivity contribution is 8.03. The molecule has 2 aromatic rings. The third-order valence-corrected chi connectivity index (χ3v) is 11.5. The maximum atomic E-state index is 2.67. The van der Waals surface area contributed by atoms with E-state index in [2.05, 4.69) is 96.6 Å². The molecular formula is C35H53N2S2+. The molecule has 1 aromatic carbocycles. The van der Waals surface area contributed by atoms with Gasteiger partial charge in [-0.3, -0.25) is 0 Å². The minimum atomic E-state index is 0.685. The number of aryl methyl sites for hydroxylation is 1. The first-order valence-corrected chi connectivity index (χ1v) is 17.8. The quantitative estimate of drug-likeness (QED) is 0.209. The van der Waals surface area contributed by atoms with Crippen LogP contribution in [-0.4, -0.2) is 22.7 Å². The highest BCUT2D eigenvalue weighted by Crippen LogP contribution is 2.42. The summed E-state index contributed by atoms with van der Waals surface area (Å²) in [5.41, 5.74) is 1.34. The first-order valence-electron chi connectivity index (χ1n) is 16.1. The van der Waals surface area contributed by atoms with Crippen molar-refractivity contribution in [1.29, 1.82) is 0 Å². The molecule has 4 rings (SSSR count). The van der Waals surface area contributed by atoms with Crippen LogP contribution in [0.3, 0.4) is 0 Å². The number of thioether (sulfide) groups is 1. The summed E-state index contributed by atoms with van der Waals surface area (Å²) in [4.78, 5) is 2.67. The van der Waals surface area contributed by atoms with Gasteiger partial charge in [0.05, 0.1) is 5.03 Å². The van der Waals surface area contributed by atoms with E-state index in [1.807, 2.05) is 11.3 Å². The minimum Gasteiger partial charge on any atom is -0.363 e. The Morgan fingerprint density at radius 2 is 1.59 bits per heavy atom. The van der Waals surface area contributed by atoms with E-state index >= 15 is 0 Å². The van der Waals surface area contributed by atoms with Crippen molar-refractivity contribution < 1.29 is 4.57 Å². The fourth-order valence-electron chi connectivity index (χ4n) is 6.74. The Hall–Kier alpha value is -1.52. The van der Waals surface area contributed by atoms with Crippen LogP contribution in [0.25, 0.3) is 16.3 Å². The number of allylic oxidation sites excluding steroid dienone is 4. The molecule has 0 N–H and O–H groups in total. The lowest BCUT2D eigenvalue weighted by molar-refractivity contribution is -0.665. The van der Waals surface area contributed by atoms with E-state index in [0.717, 1.165) is 24.3 Å². The third kappa shape index (κ3) is 8.73. The van der Waals surface area contributed by atoms with Gasteiger partial charge in [0.2, 0.25) is 5.52 Å². The largest absolute Gasteiger partial charge is 0.363 e. The lowest BCUT2D eigenvalue weighted by Crippen LogP contribution is -2.33. The van der Waals surface area contributed by atoms with Crippen molar-refractivity contribution in [1.82, 2.24) is 4.90 Å². The molecule has 39 heavy (non-hydrogen) atoms. The van der Waals surface area contributed by atoms with Gasteiger partial charge in [-0.2, -0.15) is 4.57 Å². The Kier molecular flexibility index (Phi) is 13.0. The van der Waals surface area contributed by atoms with Crippen LogP contribution in [0.5, 0.6) is 0 Å². The second-order valence-corrected chi connectivity index (χ2v) is 13.8. The van der Waals surface area contributed by atoms with Crippen molar-refractivity contribution in [2.24, 2.45) is 5.92 Å². The molecule has 1 saturated carbocycles. The lowest BCUT2D eigenvalue weighted by atomic mass is 9.90. The molecule has 2 aliphatic rings. The number of aromatic nitrogens is 1. The summed E-state index contributed by atoms with van der Waals surface area (Å²) in [5, 5.41) is 3.54. The number of nitrogens with zero attached hydrogens (tertiary/aromatic N) is 2. The van der Waals surface area contributed by atoms with E-state index in [-0.39, 0.29) is 0 Å². The van der Waals surface area contributed by atoms with Crippen LogP contribution in [0, 0.1) is 5.92 Å². The highest BCUT2D eigenvalue weighted by Gasteiger charge is 2.35. The summed E-state index contributed by atoms with van der Waals surface area (Å²) in [7, 11) is 0. The van der Waals surface area contributed by atoms with Crippen molar-refractivity contribution in [3.8, 4) is 0 Å². The number of hydrogen-bond acceptors (Lipinski definition) is 3. The van der Waals surface area contributed by atoms with Gasteiger partial charge in [0.1, 0.15) is 11.2 Å². The van der Waals surface area contributed by atoms with E-state index in [1.165, 1.54) is 110 Å². The molecule has 1 saturated heterocycles. The summed E-state index contributed by atoms with van der Waals surface area (Å²) in [5.74, 6) is 0.980. The van der Waals surface area contributed by atoms with Crippen LogP contribution < -0.4 is 4.57 Å². The van der Waals surface area contributed by atoms with Crippen LogP contribution in [0.1, 0.15) is 116 Å². The zero-order valence-corrected chi connectivity index (χ0v) is 26.6. The SMILES string of the molecule is CCC1C(CCCC2CCCCCCCCCC2)SC(=CC=CC=Cc2sc3ccccc3[n+]2CC)N1CC. The lowest BCUT2D eigenvalue weighted by Gasteiger charge is -2.27. The molecule has 2 atom stereocenters. The molecule has 2 fully saturated rings. The van der Waals surface area contributed by atoms with Crippen LogP contribution in [0.2, 0.25) is 0 Å². The minimum absolute atomic E-state index is 0.685. The van der Waals surface area contributed by atoms with Crippen molar-refractivity contribution in [3.63, 3.8) is 0 Å². The summed E-state index contributed by atoms with van der Waals surface area (Å²) in [6.45, 7) is 9.06. The zero-order valence-electron chi connectivity index (χ0n) is 25.0. The number of rotatable bonds is 10.